The molecule has 1 aliphatic heterocycles. The summed E-state index contributed by atoms with van der Waals surface area (Å²) in [5, 5.41) is 0. The zero-order valence-electron chi connectivity index (χ0n) is 11.6. The number of benzene rings is 1. The lowest BCUT2D eigenvalue weighted by Crippen LogP contribution is -2.49. The Kier molecular flexibility index (Phi) is 5.67. The highest BCUT2D eigenvalue weighted by molar-refractivity contribution is 9.10. The molecule has 106 valence electrons. The molecule has 0 aliphatic carbocycles. The first-order chi connectivity index (χ1) is 9.19. The molecule has 0 aromatic heterocycles. The third-order valence-corrected chi connectivity index (χ3v) is 4.04. The van der Waals surface area contributed by atoms with Crippen molar-refractivity contribution in [3.63, 3.8) is 0 Å². The molecule has 0 radical (unpaired) electrons. The van der Waals surface area contributed by atoms with Crippen molar-refractivity contribution in [2.75, 3.05) is 26.3 Å². The summed E-state index contributed by atoms with van der Waals surface area (Å²) in [4.78, 5) is 2.48. The lowest BCUT2D eigenvalue weighted by molar-refractivity contribution is -0.0586. The first-order valence-corrected chi connectivity index (χ1v) is 7.72. The van der Waals surface area contributed by atoms with Gasteiger partial charge in [-0.1, -0.05) is 22.9 Å². The summed E-state index contributed by atoms with van der Waals surface area (Å²) >= 11 is 3.42. The van der Waals surface area contributed by atoms with Crippen LogP contribution in [0.1, 0.15) is 20.3 Å². The van der Waals surface area contributed by atoms with E-state index in [1.54, 1.807) is 0 Å². The van der Waals surface area contributed by atoms with E-state index in [0.29, 0.717) is 12.1 Å². The van der Waals surface area contributed by atoms with E-state index < -0.39 is 0 Å². The van der Waals surface area contributed by atoms with Crippen LogP contribution in [0.5, 0.6) is 5.75 Å². The van der Waals surface area contributed by atoms with Crippen LogP contribution >= 0.6 is 15.9 Å². The molecule has 1 aliphatic rings. The number of morpholine rings is 1. The van der Waals surface area contributed by atoms with Gasteiger partial charge in [0, 0.05) is 23.6 Å². The van der Waals surface area contributed by atoms with Gasteiger partial charge in [0.15, 0.2) is 0 Å². The largest absolute Gasteiger partial charge is 0.492 e. The third-order valence-electron chi connectivity index (χ3n) is 3.51. The van der Waals surface area contributed by atoms with Crippen LogP contribution in [0.15, 0.2) is 28.7 Å². The minimum Gasteiger partial charge on any atom is -0.492 e. The van der Waals surface area contributed by atoms with Gasteiger partial charge in [-0.15, -0.1) is 0 Å². The number of nitrogens with zero attached hydrogens (tertiary/aromatic N) is 1. The molecule has 4 heteroatoms. The van der Waals surface area contributed by atoms with Gasteiger partial charge in [0.2, 0.25) is 0 Å². The van der Waals surface area contributed by atoms with Crippen LogP contribution in [0.2, 0.25) is 0 Å². The van der Waals surface area contributed by atoms with Crippen LogP contribution in [-0.4, -0.2) is 43.3 Å². The molecule has 0 saturated carbocycles. The Labute approximate surface area is 124 Å². The van der Waals surface area contributed by atoms with Crippen molar-refractivity contribution in [2.45, 2.75) is 32.4 Å². The van der Waals surface area contributed by atoms with Crippen molar-refractivity contribution in [3.05, 3.63) is 28.7 Å². The van der Waals surface area contributed by atoms with Gasteiger partial charge < -0.3 is 9.47 Å². The highest BCUT2D eigenvalue weighted by Crippen LogP contribution is 2.17. The van der Waals surface area contributed by atoms with Crippen molar-refractivity contribution in [1.29, 1.82) is 0 Å². The van der Waals surface area contributed by atoms with Gasteiger partial charge in [0.1, 0.15) is 12.4 Å². The summed E-state index contributed by atoms with van der Waals surface area (Å²) < 4.78 is 12.6. The molecule has 3 nitrogen and oxygen atoms in total. The lowest BCUT2D eigenvalue weighted by atomic mass is 10.1. The minimum atomic E-state index is 0.329. The second-order valence-corrected chi connectivity index (χ2v) is 5.92. The van der Waals surface area contributed by atoms with Crippen LogP contribution in [0, 0.1) is 0 Å². The maximum atomic E-state index is 5.79. The Hall–Kier alpha value is -0.580. The fraction of sp³-hybridized carbons (Fsp3) is 0.600. The van der Waals surface area contributed by atoms with Crippen molar-refractivity contribution in [1.82, 2.24) is 4.90 Å². The fourth-order valence-corrected chi connectivity index (χ4v) is 2.64. The van der Waals surface area contributed by atoms with Crippen LogP contribution in [0.4, 0.5) is 0 Å². The fourth-order valence-electron chi connectivity index (χ4n) is 2.37. The maximum absolute atomic E-state index is 5.79. The van der Waals surface area contributed by atoms with Crippen molar-refractivity contribution in [3.8, 4) is 5.75 Å². The zero-order chi connectivity index (χ0) is 13.7. The molecule has 0 bridgehead atoms. The van der Waals surface area contributed by atoms with Gasteiger partial charge in [-0.3, -0.25) is 4.90 Å². The van der Waals surface area contributed by atoms with E-state index in [2.05, 4.69) is 34.7 Å². The smallest absolute Gasteiger partial charge is 0.119 e. The Morgan fingerprint density at radius 3 is 2.79 bits per heavy atom. The van der Waals surface area contributed by atoms with Crippen LogP contribution in [0.3, 0.4) is 0 Å². The number of rotatable bonds is 5. The molecular weight excluding hydrogens is 306 g/mol. The quantitative estimate of drug-likeness (QED) is 0.828. The molecule has 2 rings (SSSR count). The van der Waals surface area contributed by atoms with E-state index in [0.717, 1.165) is 42.9 Å². The summed E-state index contributed by atoms with van der Waals surface area (Å²) in [6.45, 7) is 7.88. The van der Waals surface area contributed by atoms with Crippen molar-refractivity contribution < 1.29 is 9.47 Å². The molecule has 0 spiro atoms. The van der Waals surface area contributed by atoms with E-state index >= 15 is 0 Å². The second kappa shape index (κ2) is 7.27. The summed E-state index contributed by atoms with van der Waals surface area (Å²) in [7, 11) is 0. The number of hydrogen-bond donors (Lipinski definition) is 0. The molecule has 1 heterocycles. The highest BCUT2D eigenvalue weighted by atomic mass is 79.9. The van der Waals surface area contributed by atoms with Crippen LogP contribution < -0.4 is 4.74 Å². The normalized spacial score (nSPS) is 24.4. The third kappa shape index (κ3) is 4.48. The molecular formula is C15H22BrNO2. The molecule has 1 fully saturated rings. The van der Waals surface area contributed by atoms with Gasteiger partial charge in [-0.05, 0) is 37.6 Å². The SMILES string of the molecule is CCC1COC(C)CN1CCOc1ccc(Br)cc1. The van der Waals surface area contributed by atoms with Crippen molar-refractivity contribution >= 4 is 15.9 Å². The molecule has 0 N–H and O–H groups in total. The topological polar surface area (TPSA) is 21.7 Å². The Bertz CT molecular complexity index is 382. The summed E-state index contributed by atoms with van der Waals surface area (Å²) in [5.41, 5.74) is 0. The van der Waals surface area contributed by atoms with Gasteiger partial charge in [0.05, 0.1) is 12.7 Å². The van der Waals surface area contributed by atoms with E-state index in [-0.39, 0.29) is 0 Å². The van der Waals surface area contributed by atoms with Crippen molar-refractivity contribution in [2.24, 2.45) is 0 Å². The van der Waals surface area contributed by atoms with Crippen LogP contribution in [0.25, 0.3) is 0 Å². The zero-order valence-corrected chi connectivity index (χ0v) is 13.2. The monoisotopic (exact) mass is 327 g/mol. The molecule has 0 amide bonds. The molecule has 1 aromatic carbocycles. The second-order valence-electron chi connectivity index (χ2n) is 5.00. The standard InChI is InChI=1S/C15H22BrNO2/c1-3-14-11-19-12(2)10-17(14)8-9-18-15-6-4-13(16)5-7-15/h4-7,12,14H,3,8-11H2,1-2H3. The Morgan fingerprint density at radius 1 is 1.37 bits per heavy atom. The average Bonchev–Trinajstić information content (AvgIpc) is 2.41. The molecule has 19 heavy (non-hydrogen) atoms. The lowest BCUT2D eigenvalue weighted by Gasteiger charge is -2.38. The number of ether oxygens (including phenoxy) is 2. The van der Waals surface area contributed by atoms with E-state index in [4.69, 9.17) is 9.47 Å². The predicted octanol–water partition coefficient (Wildman–Crippen LogP) is 3.33. The van der Waals surface area contributed by atoms with Gasteiger partial charge in [-0.2, -0.15) is 0 Å². The van der Waals surface area contributed by atoms with E-state index in [1.807, 2.05) is 24.3 Å². The molecule has 2 unspecified atom stereocenters. The van der Waals surface area contributed by atoms with Crippen LogP contribution in [-0.2, 0) is 4.74 Å². The van der Waals surface area contributed by atoms with Gasteiger partial charge >= 0.3 is 0 Å². The van der Waals surface area contributed by atoms with E-state index in [1.165, 1.54) is 0 Å². The molecule has 1 aromatic rings. The summed E-state index contributed by atoms with van der Waals surface area (Å²) in [6.07, 6.45) is 1.46. The van der Waals surface area contributed by atoms with Gasteiger partial charge in [-0.25, -0.2) is 0 Å². The maximum Gasteiger partial charge on any atom is 0.119 e. The summed E-state index contributed by atoms with van der Waals surface area (Å²) in [6, 6.07) is 8.51. The average molecular weight is 328 g/mol. The Morgan fingerprint density at radius 2 is 2.11 bits per heavy atom. The first-order valence-electron chi connectivity index (χ1n) is 6.93. The molecule has 2 atom stereocenters. The number of halogens is 1. The highest BCUT2D eigenvalue weighted by Gasteiger charge is 2.24. The summed E-state index contributed by atoms with van der Waals surface area (Å²) in [5.74, 6) is 0.928. The minimum absolute atomic E-state index is 0.329. The molecule has 1 saturated heterocycles. The van der Waals surface area contributed by atoms with Gasteiger partial charge in [0.25, 0.3) is 0 Å². The predicted molar refractivity (Wildman–Crippen MR) is 80.7 cm³/mol. The first kappa shape index (κ1) is 14.8. The Balaban J connectivity index is 1.78. The number of hydrogen-bond acceptors (Lipinski definition) is 3. The van der Waals surface area contributed by atoms with E-state index in [9.17, 15) is 0 Å².